The number of aromatic nitrogens is 2. The van der Waals surface area contributed by atoms with Crippen molar-refractivity contribution in [3.8, 4) is 5.75 Å². The second-order valence-corrected chi connectivity index (χ2v) is 10.6. The molecule has 2 aromatic heterocycles. The van der Waals surface area contributed by atoms with E-state index >= 15 is 0 Å². The highest BCUT2D eigenvalue weighted by atomic mass is 16.5. The first-order chi connectivity index (χ1) is 20.3. The highest BCUT2D eigenvalue weighted by Gasteiger charge is 2.46. The predicted octanol–water partition coefficient (Wildman–Crippen LogP) is 5.68. The predicted molar refractivity (Wildman–Crippen MR) is 163 cm³/mol. The van der Waals surface area contributed by atoms with E-state index < -0.39 is 17.7 Å². The van der Waals surface area contributed by atoms with Crippen molar-refractivity contribution in [2.24, 2.45) is 0 Å². The van der Waals surface area contributed by atoms with E-state index in [1.165, 1.54) is 0 Å². The second-order valence-electron chi connectivity index (χ2n) is 10.6. The van der Waals surface area contributed by atoms with Crippen molar-refractivity contribution in [2.75, 3.05) is 26.2 Å². The summed E-state index contributed by atoms with van der Waals surface area (Å²) >= 11 is 0. The number of aryl methyl sites for hydroxylation is 2. The molecule has 1 saturated heterocycles. The molecule has 1 atom stereocenters. The molecule has 1 fully saturated rings. The zero-order valence-electron chi connectivity index (χ0n) is 24.7. The maximum Gasteiger partial charge on any atom is 0.295 e. The summed E-state index contributed by atoms with van der Waals surface area (Å²) in [5.74, 6) is -0.886. The van der Waals surface area contributed by atoms with Gasteiger partial charge in [0.15, 0.2) is 5.76 Å². The lowest BCUT2D eigenvalue weighted by molar-refractivity contribution is -0.140. The minimum absolute atomic E-state index is 0.0601. The van der Waals surface area contributed by atoms with Crippen molar-refractivity contribution in [3.63, 3.8) is 0 Å². The van der Waals surface area contributed by atoms with E-state index in [0.29, 0.717) is 42.4 Å². The molecule has 4 aromatic rings. The standard InChI is InChI=1S/C34H38N4O4/c1-5-36(6-2)19-11-21-38-30(26-15-17-27(18-16-26)42-22-25-13-8-7-9-14-25)28(32(40)34(38)41)31(39)29-24(4)37-20-10-12-23(3)33(37)35-29/h7-10,12-18,20,30,39H,5-6,11,19,21-22H2,1-4H3/b31-28+. The normalized spacial score (nSPS) is 16.6. The highest BCUT2D eigenvalue weighted by Crippen LogP contribution is 2.40. The number of nitrogens with zero attached hydrogens (tertiary/aromatic N) is 4. The van der Waals surface area contributed by atoms with Gasteiger partial charge in [0.05, 0.1) is 17.3 Å². The number of rotatable bonds is 11. The van der Waals surface area contributed by atoms with Gasteiger partial charge in [-0.05, 0) is 74.8 Å². The van der Waals surface area contributed by atoms with Gasteiger partial charge < -0.3 is 24.0 Å². The molecule has 1 unspecified atom stereocenters. The number of carbonyl (C=O) groups excluding carboxylic acids is 2. The number of benzene rings is 2. The van der Waals surface area contributed by atoms with Gasteiger partial charge in [0.1, 0.15) is 23.7 Å². The Hall–Kier alpha value is -4.43. The molecule has 42 heavy (non-hydrogen) atoms. The number of ketones is 1. The molecule has 0 radical (unpaired) electrons. The van der Waals surface area contributed by atoms with Gasteiger partial charge in [-0.2, -0.15) is 0 Å². The third-order valence-corrected chi connectivity index (χ3v) is 8.06. The maximum atomic E-state index is 13.6. The van der Waals surface area contributed by atoms with Gasteiger partial charge in [-0.3, -0.25) is 9.59 Å². The Labute approximate surface area is 246 Å². The number of aliphatic hydroxyl groups is 1. The molecule has 0 bridgehead atoms. The van der Waals surface area contributed by atoms with E-state index in [0.717, 1.165) is 36.3 Å². The average Bonchev–Trinajstić information content (AvgIpc) is 3.48. The Morgan fingerprint density at radius 3 is 2.36 bits per heavy atom. The van der Waals surface area contributed by atoms with Crippen LogP contribution in [-0.4, -0.2) is 62.2 Å². The highest BCUT2D eigenvalue weighted by molar-refractivity contribution is 6.46. The van der Waals surface area contributed by atoms with E-state index in [1.54, 1.807) is 4.90 Å². The van der Waals surface area contributed by atoms with Crippen LogP contribution in [0.3, 0.4) is 0 Å². The van der Waals surface area contributed by atoms with Gasteiger partial charge in [-0.1, -0.05) is 62.4 Å². The van der Waals surface area contributed by atoms with Gasteiger partial charge in [-0.15, -0.1) is 0 Å². The SMILES string of the molecule is CCN(CC)CCCN1C(=O)C(=O)/C(=C(/O)c2nc3c(C)cccn3c2C)C1c1ccc(OCc2ccccc2)cc1. The van der Waals surface area contributed by atoms with Crippen LogP contribution in [0.4, 0.5) is 0 Å². The fourth-order valence-corrected chi connectivity index (χ4v) is 5.62. The number of aliphatic hydroxyl groups excluding tert-OH is 1. The van der Waals surface area contributed by atoms with E-state index in [2.05, 4.69) is 18.7 Å². The molecule has 5 rings (SSSR count). The lowest BCUT2D eigenvalue weighted by Crippen LogP contribution is -2.33. The minimum atomic E-state index is -0.741. The van der Waals surface area contributed by atoms with Crippen molar-refractivity contribution in [3.05, 3.63) is 107 Å². The summed E-state index contributed by atoms with van der Waals surface area (Å²) in [6.07, 6.45) is 2.58. The summed E-state index contributed by atoms with van der Waals surface area (Å²) in [5.41, 5.74) is 4.48. The van der Waals surface area contributed by atoms with Crippen LogP contribution in [0.25, 0.3) is 11.4 Å². The number of carbonyl (C=O) groups is 2. The molecule has 8 heteroatoms. The number of fused-ring (bicyclic) bond motifs is 1. The Kier molecular flexibility index (Phi) is 8.73. The van der Waals surface area contributed by atoms with Gasteiger partial charge >= 0.3 is 0 Å². The number of hydrogen-bond acceptors (Lipinski definition) is 6. The molecular weight excluding hydrogens is 528 g/mol. The molecule has 8 nitrogen and oxygen atoms in total. The fraction of sp³-hybridized carbons (Fsp3) is 0.324. The van der Waals surface area contributed by atoms with Crippen LogP contribution < -0.4 is 4.74 Å². The van der Waals surface area contributed by atoms with Crippen LogP contribution >= 0.6 is 0 Å². The minimum Gasteiger partial charge on any atom is -0.505 e. The molecule has 1 aliphatic heterocycles. The van der Waals surface area contributed by atoms with E-state index in [1.807, 2.05) is 91.2 Å². The number of pyridine rings is 1. The number of hydrogen-bond donors (Lipinski definition) is 1. The summed E-state index contributed by atoms with van der Waals surface area (Å²) in [4.78, 5) is 35.6. The molecule has 2 aromatic carbocycles. The van der Waals surface area contributed by atoms with Crippen molar-refractivity contribution < 1.29 is 19.4 Å². The van der Waals surface area contributed by atoms with E-state index in [4.69, 9.17) is 9.72 Å². The number of amides is 1. The molecule has 1 N–H and O–H groups in total. The van der Waals surface area contributed by atoms with Gasteiger partial charge in [-0.25, -0.2) is 4.98 Å². The number of imidazole rings is 1. The fourth-order valence-electron chi connectivity index (χ4n) is 5.62. The molecule has 3 heterocycles. The summed E-state index contributed by atoms with van der Waals surface area (Å²) in [5, 5.41) is 11.7. The zero-order chi connectivity index (χ0) is 29.8. The Morgan fingerprint density at radius 1 is 0.976 bits per heavy atom. The van der Waals surface area contributed by atoms with Crippen LogP contribution in [0.1, 0.15) is 54.4 Å². The summed E-state index contributed by atoms with van der Waals surface area (Å²) < 4.78 is 7.86. The summed E-state index contributed by atoms with van der Waals surface area (Å²) in [6.45, 7) is 11.5. The average molecular weight is 567 g/mol. The molecule has 0 saturated carbocycles. The first kappa shape index (κ1) is 29.1. The third kappa shape index (κ3) is 5.67. The van der Waals surface area contributed by atoms with Crippen molar-refractivity contribution >= 4 is 23.1 Å². The maximum absolute atomic E-state index is 13.6. The quantitative estimate of drug-likeness (QED) is 0.143. The number of ether oxygens (including phenoxy) is 1. The number of Topliss-reactive ketones (excluding diaryl/α,β-unsaturated/α-hetero) is 1. The Morgan fingerprint density at radius 2 is 1.69 bits per heavy atom. The molecule has 1 aliphatic rings. The molecule has 0 aliphatic carbocycles. The van der Waals surface area contributed by atoms with Crippen molar-refractivity contribution in [1.82, 2.24) is 19.2 Å². The van der Waals surface area contributed by atoms with Gasteiger partial charge in [0.25, 0.3) is 11.7 Å². The van der Waals surface area contributed by atoms with E-state index in [-0.39, 0.29) is 11.3 Å². The molecule has 1 amide bonds. The van der Waals surface area contributed by atoms with Crippen LogP contribution in [0, 0.1) is 13.8 Å². The first-order valence-corrected chi connectivity index (χ1v) is 14.6. The largest absolute Gasteiger partial charge is 0.505 e. The van der Waals surface area contributed by atoms with Crippen LogP contribution in [0.2, 0.25) is 0 Å². The zero-order valence-corrected chi connectivity index (χ0v) is 24.7. The molecular formula is C34H38N4O4. The van der Waals surface area contributed by atoms with Crippen LogP contribution in [0.15, 0.2) is 78.5 Å². The molecule has 218 valence electrons. The van der Waals surface area contributed by atoms with Crippen LogP contribution in [-0.2, 0) is 16.2 Å². The third-order valence-electron chi connectivity index (χ3n) is 8.06. The monoisotopic (exact) mass is 566 g/mol. The Balaban J connectivity index is 1.52. The number of likely N-dealkylation sites (tertiary alicyclic amines) is 1. The topological polar surface area (TPSA) is 87.4 Å². The molecule has 0 spiro atoms. The first-order valence-electron chi connectivity index (χ1n) is 14.6. The van der Waals surface area contributed by atoms with Crippen molar-refractivity contribution in [1.29, 1.82) is 0 Å². The second kappa shape index (κ2) is 12.6. The van der Waals surface area contributed by atoms with E-state index in [9.17, 15) is 14.7 Å². The van der Waals surface area contributed by atoms with Gasteiger partial charge in [0.2, 0.25) is 0 Å². The smallest absolute Gasteiger partial charge is 0.295 e. The summed E-state index contributed by atoms with van der Waals surface area (Å²) in [7, 11) is 0. The van der Waals surface area contributed by atoms with Crippen molar-refractivity contribution in [2.45, 2.75) is 46.8 Å². The summed E-state index contributed by atoms with van der Waals surface area (Å²) in [6, 6.07) is 20.4. The van der Waals surface area contributed by atoms with Crippen LogP contribution in [0.5, 0.6) is 5.75 Å². The lowest BCUT2D eigenvalue weighted by atomic mass is 9.96. The van der Waals surface area contributed by atoms with Gasteiger partial charge in [0, 0.05) is 12.7 Å². The Bertz CT molecular complexity index is 1600. The lowest BCUT2D eigenvalue weighted by Gasteiger charge is -2.27.